The van der Waals surface area contributed by atoms with Crippen molar-refractivity contribution in [1.29, 1.82) is 0 Å². The van der Waals surface area contributed by atoms with Crippen LogP contribution in [0.15, 0.2) is 53.0 Å². The van der Waals surface area contributed by atoms with E-state index in [1.54, 1.807) is 37.4 Å². The molecule has 0 aliphatic carbocycles. The van der Waals surface area contributed by atoms with Gasteiger partial charge in [-0.05, 0) is 48.4 Å². The summed E-state index contributed by atoms with van der Waals surface area (Å²) in [6.07, 6.45) is 3.17. The Morgan fingerprint density at radius 3 is 2.43 bits per heavy atom. The highest BCUT2D eigenvalue weighted by molar-refractivity contribution is 9.10. The normalized spacial score (nSPS) is 10.6. The lowest BCUT2D eigenvalue weighted by atomic mass is 10.1. The van der Waals surface area contributed by atoms with Crippen LogP contribution in [-0.2, 0) is 4.79 Å². The fraction of sp³-hybridized carbons (Fsp3) is 0.111. The van der Waals surface area contributed by atoms with Crippen LogP contribution in [0.2, 0.25) is 0 Å². The molecule has 23 heavy (non-hydrogen) atoms. The molecule has 118 valence electrons. The third-order valence-electron chi connectivity index (χ3n) is 3.28. The van der Waals surface area contributed by atoms with E-state index in [1.165, 1.54) is 6.08 Å². The molecule has 2 amide bonds. The van der Waals surface area contributed by atoms with E-state index in [1.807, 2.05) is 25.1 Å². The molecular weight excluding hydrogens is 356 g/mol. The molecule has 0 spiro atoms. The second kappa shape index (κ2) is 7.74. The first kappa shape index (κ1) is 17.0. The fourth-order valence-electron chi connectivity index (χ4n) is 1.97. The monoisotopic (exact) mass is 372 g/mol. The van der Waals surface area contributed by atoms with Crippen LogP contribution in [0.25, 0.3) is 6.08 Å². The standard InChI is InChI=1S/C18H17BrN2O2/c1-12-3-9-15(19)11-16(12)21-17(22)10-6-13-4-7-14(8-5-13)18(23)20-2/h3-11H,1-2H3,(H,20,23)(H,21,22)/b10-6+. The van der Waals surface area contributed by atoms with Gasteiger partial charge < -0.3 is 10.6 Å². The maximum Gasteiger partial charge on any atom is 0.251 e. The zero-order valence-electron chi connectivity index (χ0n) is 12.9. The molecule has 0 fully saturated rings. The largest absolute Gasteiger partial charge is 0.355 e. The van der Waals surface area contributed by atoms with Gasteiger partial charge in [0.2, 0.25) is 5.91 Å². The molecule has 0 aromatic heterocycles. The second-order valence-corrected chi connectivity index (χ2v) is 5.90. The van der Waals surface area contributed by atoms with Crippen LogP contribution in [0, 0.1) is 6.92 Å². The van der Waals surface area contributed by atoms with Crippen LogP contribution >= 0.6 is 15.9 Å². The highest BCUT2D eigenvalue weighted by atomic mass is 79.9. The fourth-order valence-corrected chi connectivity index (χ4v) is 2.33. The van der Waals surface area contributed by atoms with Crippen molar-refractivity contribution < 1.29 is 9.59 Å². The molecule has 0 saturated carbocycles. The van der Waals surface area contributed by atoms with Gasteiger partial charge in [-0.25, -0.2) is 0 Å². The lowest BCUT2D eigenvalue weighted by Gasteiger charge is -2.06. The number of rotatable bonds is 4. The van der Waals surface area contributed by atoms with E-state index < -0.39 is 0 Å². The number of amides is 2. The summed E-state index contributed by atoms with van der Waals surface area (Å²) < 4.78 is 0.909. The zero-order valence-corrected chi connectivity index (χ0v) is 14.5. The van der Waals surface area contributed by atoms with Gasteiger partial charge in [0.1, 0.15) is 0 Å². The van der Waals surface area contributed by atoms with Gasteiger partial charge in [-0.3, -0.25) is 9.59 Å². The van der Waals surface area contributed by atoms with Crippen molar-refractivity contribution in [2.45, 2.75) is 6.92 Å². The lowest BCUT2D eigenvalue weighted by molar-refractivity contribution is -0.111. The van der Waals surface area contributed by atoms with Crippen LogP contribution in [0.3, 0.4) is 0 Å². The molecule has 0 unspecified atom stereocenters. The summed E-state index contributed by atoms with van der Waals surface area (Å²) in [7, 11) is 1.59. The average Bonchev–Trinajstić information content (AvgIpc) is 2.56. The first-order chi connectivity index (χ1) is 11.0. The molecule has 2 N–H and O–H groups in total. The summed E-state index contributed by atoms with van der Waals surface area (Å²) in [6.45, 7) is 1.93. The molecule has 2 rings (SSSR count). The first-order valence-corrected chi connectivity index (χ1v) is 7.86. The van der Waals surface area contributed by atoms with E-state index in [-0.39, 0.29) is 11.8 Å². The predicted molar refractivity (Wildman–Crippen MR) is 96.4 cm³/mol. The Morgan fingerprint density at radius 2 is 1.78 bits per heavy atom. The van der Waals surface area contributed by atoms with Crippen molar-refractivity contribution in [1.82, 2.24) is 5.32 Å². The van der Waals surface area contributed by atoms with Gasteiger partial charge in [0.15, 0.2) is 0 Å². The van der Waals surface area contributed by atoms with Crippen molar-refractivity contribution in [3.63, 3.8) is 0 Å². The Bertz CT molecular complexity index is 752. The summed E-state index contributed by atoms with van der Waals surface area (Å²) in [5, 5.41) is 5.40. The van der Waals surface area contributed by atoms with Gasteiger partial charge in [0, 0.05) is 28.8 Å². The molecule has 0 atom stereocenters. The summed E-state index contributed by atoms with van der Waals surface area (Å²) in [4.78, 5) is 23.4. The minimum Gasteiger partial charge on any atom is -0.355 e. The summed E-state index contributed by atoms with van der Waals surface area (Å²) in [6, 6.07) is 12.7. The SMILES string of the molecule is CNC(=O)c1ccc(/C=C/C(=O)Nc2cc(Br)ccc2C)cc1. The Kier molecular flexibility index (Phi) is 5.71. The van der Waals surface area contributed by atoms with Gasteiger partial charge in [0.25, 0.3) is 5.91 Å². The number of anilines is 1. The minimum absolute atomic E-state index is 0.136. The van der Waals surface area contributed by atoms with E-state index in [0.717, 1.165) is 21.3 Å². The predicted octanol–water partition coefficient (Wildman–Crippen LogP) is 3.77. The minimum atomic E-state index is -0.207. The maximum atomic E-state index is 12.0. The number of aryl methyl sites for hydroxylation is 1. The maximum absolute atomic E-state index is 12.0. The van der Waals surface area contributed by atoms with Crippen molar-refractivity contribution in [2.75, 3.05) is 12.4 Å². The third-order valence-corrected chi connectivity index (χ3v) is 3.78. The summed E-state index contributed by atoms with van der Waals surface area (Å²) >= 11 is 3.38. The van der Waals surface area contributed by atoms with Crippen molar-refractivity contribution >= 4 is 39.5 Å². The zero-order chi connectivity index (χ0) is 16.8. The van der Waals surface area contributed by atoms with Crippen molar-refractivity contribution in [3.05, 3.63) is 69.7 Å². The van der Waals surface area contributed by atoms with Crippen LogP contribution in [-0.4, -0.2) is 18.9 Å². The van der Waals surface area contributed by atoms with Crippen LogP contribution < -0.4 is 10.6 Å². The van der Waals surface area contributed by atoms with E-state index >= 15 is 0 Å². The topological polar surface area (TPSA) is 58.2 Å². The van der Waals surface area contributed by atoms with E-state index in [2.05, 4.69) is 26.6 Å². The molecule has 2 aromatic carbocycles. The van der Waals surface area contributed by atoms with Gasteiger partial charge in [-0.15, -0.1) is 0 Å². The second-order valence-electron chi connectivity index (χ2n) is 4.98. The van der Waals surface area contributed by atoms with Crippen LogP contribution in [0.4, 0.5) is 5.69 Å². The lowest BCUT2D eigenvalue weighted by Crippen LogP contribution is -2.17. The van der Waals surface area contributed by atoms with Gasteiger partial charge in [-0.1, -0.05) is 34.1 Å². The quantitative estimate of drug-likeness (QED) is 0.802. The highest BCUT2D eigenvalue weighted by Gasteiger charge is 2.03. The van der Waals surface area contributed by atoms with Crippen LogP contribution in [0.1, 0.15) is 21.5 Å². The Morgan fingerprint density at radius 1 is 1.09 bits per heavy atom. The Hall–Kier alpha value is -2.40. The van der Waals surface area contributed by atoms with Crippen molar-refractivity contribution in [2.24, 2.45) is 0 Å². The van der Waals surface area contributed by atoms with Gasteiger partial charge in [0.05, 0.1) is 0 Å². The molecule has 2 aromatic rings. The molecule has 0 aliphatic heterocycles. The van der Waals surface area contributed by atoms with Crippen LogP contribution in [0.5, 0.6) is 0 Å². The number of carbonyl (C=O) groups excluding carboxylic acids is 2. The molecular formula is C18H17BrN2O2. The number of hydrogen-bond donors (Lipinski definition) is 2. The number of benzene rings is 2. The van der Waals surface area contributed by atoms with E-state index in [4.69, 9.17) is 0 Å². The first-order valence-electron chi connectivity index (χ1n) is 7.07. The summed E-state index contributed by atoms with van der Waals surface area (Å²) in [5.41, 5.74) is 3.19. The smallest absolute Gasteiger partial charge is 0.251 e. The molecule has 4 nitrogen and oxygen atoms in total. The number of halogens is 1. The molecule has 0 bridgehead atoms. The molecule has 5 heteroatoms. The highest BCUT2D eigenvalue weighted by Crippen LogP contribution is 2.20. The average molecular weight is 373 g/mol. The number of carbonyl (C=O) groups is 2. The summed E-state index contributed by atoms with van der Waals surface area (Å²) in [5.74, 6) is -0.343. The third kappa shape index (κ3) is 4.79. The molecule has 0 radical (unpaired) electrons. The van der Waals surface area contributed by atoms with E-state index in [9.17, 15) is 9.59 Å². The van der Waals surface area contributed by atoms with E-state index in [0.29, 0.717) is 5.56 Å². The Balaban J connectivity index is 2.03. The van der Waals surface area contributed by atoms with Crippen molar-refractivity contribution in [3.8, 4) is 0 Å². The number of hydrogen-bond acceptors (Lipinski definition) is 2. The molecule has 0 saturated heterocycles. The van der Waals surface area contributed by atoms with Gasteiger partial charge >= 0.3 is 0 Å². The Labute approximate surface area is 143 Å². The number of nitrogens with one attached hydrogen (secondary N) is 2. The molecule has 0 heterocycles. The van der Waals surface area contributed by atoms with Gasteiger partial charge in [-0.2, -0.15) is 0 Å². The molecule has 0 aliphatic rings.